The van der Waals surface area contributed by atoms with Gasteiger partial charge in [-0.2, -0.15) is 0 Å². The zero-order valence-corrected chi connectivity index (χ0v) is 20.5. The van der Waals surface area contributed by atoms with Crippen molar-refractivity contribution in [2.45, 2.75) is 33.3 Å². The highest BCUT2D eigenvalue weighted by atomic mass is 16.6. The van der Waals surface area contributed by atoms with E-state index < -0.39 is 17.5 Å². The van der Waals surface area contributed by atoms with Crippen molar-refractivity contribution in [3.05, 3.63) is 95.1 Å². The van der Waals surface area contributed by atoms with Gasteiger partial charge in [-0.15, -0.1) is 0 Å². The first-order chi connectivity index (χ1) is 17.1. The molecule has 0 aliphatic rings. The second kappa shape index (κ2) is 9.62. The van der Waals surface area contributed by atoms with Crippen LogP contribution >= 0.6 is 0 Å². The molecular formula is C29H26N2O5. The van der Waals surface area contributed by atoms with Crippen LogP contribution in [0, 0.1) is 0 Å². The summed E-state index contributed by atoms with van der Waals surface area (Å²) in [6.45, 7) is 6.75. The maximum atomic E-state index is 12.4. The molecule has 0 atom stereocenters. The van der Waals surface area contributed by atoms with E-state index in [0.29, 0.717) is 50.8 Å². The number of hydrogen-bond donors (Lipinski definition) is 1. The highest BCUT2D eigenvalue weighted by Gasteiger charge is 2.24. The van der Waals surface area contributed by atoms with Crippen LogP contribution in [-0.4, -0.2) is 39.1 Å². The van der Waals surface area contributed by atoms with Crippen LogP contribution in [0.5, 0.6) is 5.88 Å². The molecule has 0 aliphatic heterocycles. The van der Waals surface area contributed by atoms with Crippen LogP contribution in [0.15, 0.2) is 77.8 Å². The SMILES string of the molecule is CC(=O)n1c(O)c(C(=Nc2ccc(C(=O)OC(C)(C)C)cc2)c2ccccc2)c2ccc(C=O)cc21. The van der Waals surface area contributed by atoms with Gasteiger partial charge in [0.25, 0.3) is 0 Å². The third-order valence-corrected chi connectivity index (χ3v) is 5.45. The fourth-order valence-corrected chi connectivity index (χ4v) is 3.92. The van der Waals surface area contributed by atoms with E-state index in [2.05, 4.69) is 0 Å². The number of rotatable bonds is 5. The van der Waals surface area contributed by atoms with Gasteiger partial charge in [-0.05, 0) is 51.1 Å². The van der Waals surface area contributed by atoms with E-state index in [0.717, 1.165) is 0 Å². The lowest BCUT2D eigenvalue weighted by Gasteiger charge is -2.19. The maximum Gasteiger partial charge on any atom is 0.338 e. The van der Waals surface area contributed by atoms with E-state index in [9.17, 15) is 19.5 Å². The van der Waals surface area contributed by atoms with Crippen LogP contribution in [-0.2, 0) is 4.74 Å². The number of aromatic hydroxyl groups is 1. The van der Waals surface area contributed by atoms with E-state index in [1.54, 1.807) is 63.2 Å². The van der Waals surface area contributed by atoms with Gasteiger partial charge in [0, 0.05) is 23.4 Å². The summed E-state index contributed by atoms with van der Waals surface area (Å²) >= 11 is 0. The van der Waals surface area contributed by atoms with Crippen molar-refractivity contribution in [3.8, 4) is 5.88 Å². The molecule has 7 nitrogen and oxygen atoms in total. The topological polar surface area (TPSA) is 98.0 Å². The molecule has 0 amide bonds. The molecule has 0 radical (unpaired) electrons. The molecule has 0 spiro atoms. The first kappa shape index (κ1) is 24.6. The van der Waals surface area contributed by atoms with Gasteiger partial charge in [0.15, 0.2) is 0 Å². The number of benzene rings is 3. The summed E-state index contributed by atoms with van der Waals surface area (Å²) in [6, 6.07) is 20.8. The van der Waals surface area contributed by atoms with E-state index in [4.69, 9.17) is 9.73 Å². The van der Waals surface area contributed by atoms with Gasteiger partial charge < -0.3 is 9.84 Å². The number of aromatic nitrogens is 1. The molecule has 0 saturated carbocycles. The van der Waals surface area contributed by atoms with Crippen molar-refractivity contribution in [3.63, 3.8) is 0 Å². The maximum absolute atomic E-state index is 12.4. The Bertz CT molecular complexity index is 1490. The van der Waals surface area contributed by atoms with E-state index in [1.807, 2.05) is 30.3 Å². The van der Waals surface area contributed by atoms with Crippen LogP contribution in [0.1, 0.15) is 64.3 Å². The molecule has 3 aromatic carbocycles. The first-order valence-electron chi connectivity index (χ1n) is 11.4. The molecule has 7 heteroatoms. The number of hydrogen-bond acceptors (Lipinski definition) is 6. The van der Waals surface area contributed by atoms with Gasteiger partial charge in [0.05, 0.1) is 28.0 Å². The second-order valence-corrected chi connectivity index (χ2v) is 9.32. The number of nitrogens with zero attached hydrogens (tertiary/aromatic N) is 2. The third-order valence-electron chi connectivity index (χ3n) is 5.45. The minimum atomic E-state index is -0.611. The average Bonchev–Trinajstić information content (AvgIpc) is 3.13. The van der Waals surface area contributed by atoms with Crippen LogP contribution in [0.4, 0.5) is 5.69 Å². The van der Waals surface area contributed by atoms with Gasteiger partial charge in [-0.25, -0.2) is 9.79 Å². The Morgan fingerprint density at radius 2 is 1.61 bits per heavy atom. The molecular weight excluding hydrogens is 456 g/mol. The Morgan fingerprint density at radius 3 is 2.19 bits per heavy atom. The summed E-state index contributed by atoms with van der Waals surface area (Å²) in [6.07, 6.45) is 0.687. The van der Waals surface area contributed by atoms with Crippen molar-refractivity contribution in [1.82, 2.24) is 4.57 Å². The molecule has 182 valence electrons. The lowest BCUT2D eigenvalue weighted by Crippen LogP contribution is -2.23. The highest BCUT2D eigenvalue weighted by Crippen LogP contribution is 2.35. The predicted molar refractivity (Wildman–Crippen MR) is 139 cm³/mol. The van der Waals surface area contributed by atoms with Crippen molar-refractivity contribution in [2.75, 3.05) is 0 Å². The zero-order valence-electron chi connectivity index (χ0n) is 20.5. The number of esters is 1. The number of ether oxygens (including phenoxy) is 1. The number of aldehydes is 1. The largest absolute Gasteiger partial charge is 0.494 e. The van der Waals surface area contributed by atoms with Crippen LogP contribution in [0.3, 0.4) is 0 Å². The van der Waals surface area contributed by atoms with Crippen LogP contribution in [0.25, 0.3) is 10.9 Å². The number of aliphatic imine (C=N–C) groups is 1. The molecule has 0 fully saturated rings. The van der Waals surface area contributed by atoms with Crippen molar-refractivity contribution in [1.29, 1.82) is 0 Å². The molecule has 36 heavy (non-hydrogen) atoms. The zero-order chi connectivity index (χ0) is 26.0. The van der Waals surface area contributed by atoms with Crippen molar-refractivity contribution in [2.24, 2.45) is 4.99 Å². The fourth-order valence-electron chi connectivity index (χ4n) is 3.92. The Morgan fingerprint density at radius 1 is 0.944 bits per heavy atom. The van der Waals surface area contributed by atoms with E-state index in [-0.39, 0.29) is 5.88 Å². The van der Waals surface area contributed by atoms with Crippen LogP contribution in [0.2, 0.25) is 0 Å². The molecule has 4 aromatic rings. The van der Waals surface area contributed by atoms with Crippen molar-refractivity contribution < 1.29 is 24.2 Å². The summed E-state index contributed by atoms with van der Waals surface area (Å²) in [7, 11) is 0. The molecule has 0 saturated heterocycles. The summed E-state index contributed by atoms with van der Waals surface area (Å²) < 4.78 is 6.59. The quantitative estimate of drug-likeness (QED) is 0.216. The minimum absolute atomic E-state index is 0.270. The standard InChI is InChI=1S/C29H26N2O5/c1-18(33)31-24-16-19(17-32)10-15-23(24)25(27(31)34)26(20-8-6-5-7-9-20)30-22-13-11-21(12-14-22)28(35)36-29(2,3)4/h5-17,34H,1-4H3. The van der Waals surface area contributed by atoms with Gasteiger partial charge in [-0.3, -0.25) is 14.2 Å². The third kappa shape index (κ3) is 4.95. The lowest BCUT2D eigenvalue weighted by molar-refractivity contribution is 0.00693. The molecule has 0 aliphatic carbocycles. The summed E-state index contributed by atoms with van der Waals surface area (Å²) in [5.74, 6) is -1.11. The number of fused-ring (bicyclic) bond motifs is 1. The average molecular weight is 483 g/mol. The Hall–Kier alpha value is -4.52. The Balaban J connectivity index is 1.90. The van der Waals surface area contributed by atoms with Gasteiger partial charge >= 0.3 is 5.97 Å². The Kier molecular flexibility index (Phi) is 6.57. The minimum Gasteiger partial charge on any atom is -0.494 e. The Labute approximate surface area is 208 Å². The number of carbonyl (C=O) groups is 3. The fraction of sp³-hybridized carbons (Fsp3) is 0.172. The summed E-state index contributed by atoms with van der Waals surface area (Å²) in [5, 5.41) is 11.8. The van der Waals surface area contributed by atoms with Gasteiger partial charge in [-0.1, -0.05) is 42.5 Å². The van der Waals surface area contributed by atoms with Crippen LogP contribution < -0.4 is 0 Å². The molecule has 0 bridgehead atoms. The second-order valence-electron chi connectivity index (χ2n) is 9.32. The van der Waals surface area contributed by atoms with E-state index >= 15 is 0 Å². The summed E-state index contributed by atoms with van der Waals surface area (Å²) in [5.41, 5.74) is 2.61. The molecule has 1 N–H and O–H groups in total. The molecule has 4 rings (SSSR count). The first-order valence-corrected chi connectivity index (χ1v) is 11.4. The normalized spacial score (nSPS) is 11.9. The highest BCUT2D eigenvalue weighted by molar-refractivity contribution is 6.23. The summed E-state index contributed by atoms with van der Waals surface area (Å²) in [4.78, 5) is 41.0. The number of carbonyl (C=O) groups excluding carboxylic acids is 3. The molecule has 0 unspecified atom stereocenters. The smallest absolute Gasteiger partial charge is 0.338 e. The lowest BCUT2D eigenvalue weighted by atomic mass is 10.00. The van der Waals surface area contributed by atoms with E-state index in [1.165, 1.54) is 11.5 Å². The molecule has 1 heterocycles. The monoisotopic (exact) mass is 482 g/mol. The van der Waals surface area contributed by atoms with Gasteiger partial charge in [0.2, 0.25) is 11.8 Å². The predicted octanol–water partition coefficient (Wildman–Crippen LogP) is 5.94. The van der Waals surface area contributed by atoms with Crippen molar-refractivity contribution >= 4 is 40.5 Å². The molecule has 1 aromatic heterocycles. The van der Waals surface area contributed by atoms with Gasteiger partial charge in [0.1, 0.15) is 11.9 Å².